The number of ether oxygens (including phenoxy) is 3. The largest absolute Gasteiger partial charge is 0.462 e. The molecule has 0 radical (unpaired) electrons. The summed E-state index contributed by atoms with van der Waals surface area (Å²) < 4.78 is 16.9. The molecule has 0 N–H and O–H groups in total. The summed E-state index contributed by atoms with van der Waals surface area (Å²) in [4.78, 5) is 38.2. The molecule has 1 unspecified atom stereocenters. The minimum atomic E-state index is -0.796. The van der Waals surface area contributed by atoms with Gasteiger partial charge in [0.05, 0.1) is 0 Å². The molecule has 0 rings (SSSR count). The van der Waals surface area contributed by atoms with E-state index in [9.17, 15) is 14.4 Å². The Labute approximate surface area is 433 Å². The number of hydrogen-bond donors (Lipinski definition) is 0. The lowest BCUT2D eigenvalue weighted by molar-refractivity contribution is -0.167. The van der Waals surface area contributed by atoms with Crippen molar-refractivity contribution in [3.8, 4) is 0 Å². The van der Waals surface area contributed by atoms with Crippen molar-refractivity contribution in [2.24, 2.45) is 0 Å². The molecule has 0 heterocycles. The number of carbonyl (C=O) groups is 3. The zero-order valence-electron chi connectivity index (χ0n) is 46.0. The summed E-state index contributed by atoms with van der Waals surface area (Å²) in [5, 5.41) is 0. The van der Waals surface area contributed by atoms with Crippen LogP contribution in [0.2, 0.25) is 0 Å². The maximum atomic E-state index is 12.9. The Kier molecular flexibility index (Phi) is 55.3. The highest BCUT2D eigenvalue weighted by atomic mass is 16.6. The Balaban J connectivity index is 4.45. The van der Waals surface area contributed by atoms with Crippen molar-refractivity contribution in [1.82, 2.24) is 0 Å². The van der Waals surface area contributed by atoms with Gasteiger partial charge in [-0.2, -0.15) is 0 Å². The van der Waals surface area contributed by atoms with E-state index >= 15 is 0 Å². The van der Waals surface area contributed by atoms with E-state index in [1.807, 2.05) is 0 Å². The third-order valence-corrected chi connectivity index (χ3v) is 12.7. The van der Waals surface area contributed by atoms with Crippen molar-refractivity contribution >= 4 is 17.9 Å². The van der Waals surface area contributed by atoms with Crippen LogP contribution in [0.5, 0.6) is 0 Å². The van der Waals surface area contributed by atoms with Gasteiger partial charge in [0.25, 0.3) is 0 Å². The Hall–Kier alpha value is -3.41. The fraction of sp³-hybridized carbons (Fsp3) is 0.734. The van der Waals surface area contributed by atoms with Crippen molar-refractivity contribution in [3.05, 3.63) is 85.1 Å². The first-order chi connectivity index (χ1) is 34.5. The van der Waals surface area contributed by atoms with Gasteiger partial charge in [0, 0.05) is 19.3 Å². The average molecular weight is 976 g/mol. The number of carbonyl (C=O) groups excluding carboxylic acids is 3. The molecule has 70 heavy (non-hydrogen) atoms. The molecule has 6 heteroatoms. The van der Waals surface area contributed by atoms with Gasteiger partial charge in [-0.25, -0.2) is 0 Å². The van der Waals surface area contributed by atoms with Gasteiger partial charge < -0.3 is 14.2 Å². The van der Waals surface area contributed by atoms with Crippen LogP contribution < -0.4 is 0 Å². The highest BCUT2D eigenvalue weighted by molar-refractivity contribution is 5.71. The zero-order chi connectivity index (χ0) is 50.7. The molecule has 0 aromatic heterocycles. The minimum Gasteiger partial charge on any atom is -0.462 e. The van der Waals surface area contributed by atoms with Gasteiger partial charge >= 0.3 is 17.9 Å². The fourth-order valence-corrected chi connectivity index (χ4v) is 8.22. The molecule has 1 atom stereocenters. The second-order valence-electron chi connectivity index (χ2n) is 19.6. The standard InChI is InChI=1S/C64H110O6/c1-4-7-10-13-16-19-22-25-28-31-33-36-39-42-45-48-51-54-57-63(66)69-60-61(59-68-62(65)56-53-50-47-44-41-38-35-30-27-24-21-18-15-12-9-6-3)70-64(67)58-55-52-49-46-43-40-37-34-32-29-26-23-20-17-14-11-8-5-2/h9,12,18,21-22,25,27-28,30-31,33-34,36-37,61H,4-8,10-11,13-17,19-20,23-24,26,29,32,35,38-60H2,1-3H3/b12-9-,21-18-,25-22-,30-27-,31-28-,36-33-,37-34-. The molecule has 0 aliphatic carbocycles. The van der Waals surface area contributed by atoms with Gasteiger partial charge in [-0.1, -0.05) is 247 Å². The predicted molar refractivity (Wildman–Crippen MR) is 302 cm³/mol. The Morgan fingerprint density at radius 2 is 0.614 bits per heavy atom. The van der Waals surface area contributed by atoms with Crippen molar-refractivity contribution in [3.63, 3.8) is 0 Å². The molecule has 0 aliphatic heterocycles. The highest BCUT2D eigenvalue weighted by Crippen LogP contribution is 2.15. The molecule has 0 amide bonds. The number of hydrogen-bond acceptors (Lipinski definition) is 6. The molecule has 0 bridgehead atoms. The second kappa shape index (κ2) is 58.2. The van der Waals surface area contributed by atoms with Crippen LogP contribution in [-0.2, 0) is 28.6 Å². The van der Waals surface area contributed by atoms with E-state index < -0.39 is 6.10 Å². The van der Waals surface area contributed by atoms with Gasteiger partial charge in [-0.15, -0.1) is 0 Å². The molecular weight excluding hydrogens is 865 g/mol. The smallest absolute Gasteiger partial charge is 0.306 e. The molecule has 0 aromatic carbocycles. The van der Waals surface area contributed by atoms with Gasteiger partial charge in [0.1, 0.15) is 13.2 Å². The summed E-state index contributed by atoms with van der Waals surface area (Å²) in [6.07, 6.45) is 75.7. The summed E-state index contributed by atoms with van der Waals surface area (Å²) in [7, 11) is 0. The third-order valence-electron chi connectivity index (χ3n) is 12.7. The fourth-order valence-electron chi connectivity index (χ4n) is 8.22. The Morgan fingerprint density at radius 1 is 0.314 bits per heavy atom. The first kappa shape index (κ1) is 66.6. The van der Waals surface area contributed by atoms with Crippen molar-refractivity contribution in [1.29, 1.82) is 0 Å². The lowest BCUT2D eigenvalue weighted by Gasteiger charge is -2.18. The molecule has 0 aromatic rings. The molecule has 0 saturated heterocycles. The average Bonchev–Trinajstić information content (AvgIpc) is 3.36. The van der Waals surface area contributed by atoms with Crippen LogP contribution in [0.1, 0.15) is 284 Å². The molecule has 402 valence electrons. The summed E-state index contributed by atoms with van der Waals surface area (Å²) in [5.74, 6) is -0.926. The van der Waals surface area contributed by atoms with Crippen molar-refractivity contribution in [2.45, 2.75) is 290 Å². The highest BCUT2D eigenvalue weighted by Gasteiger charge is 2.19. The van der Waals surface area contributed by atoms with E-state index in [-0.39, 0.29) is 31.1 Å². The van der Waals surface area contributed by atoms with E-state index in [1.54, 1.807) is 0 Å². The number of esters is 3. The summed E-state index contributed by atoms with van der Waals surface area (Å²) in [6, 6.07) is 0. The first-order valence-corrected chi connectivity index (χ1v) is 29.6. The molecule has 0 aliphatic rings. The monoisotopic (exact) mass is 975 g/mol. The summed E-state index contributed by atoms with van der Waals surface area (Å²) in [6.45, 7) is 6.50. The molecule has 6 nitrogen and oxygen atoms in total. The van der Waals surface area contributed by atoms with E-state index in [1.165, 1.54) is 122 Å². The normalized spacial score (nSPS) is 12.7. The van der Waals surface area contributed by atoms with E-state index in [2.05, 4.69) is 106 Å². The van der Waals surface area contributed by atoms with Crippen molar-refractivity contribution < 1.29 is 28.6 Å². The van der Waals surface area contributed by atoms with Crippen LogP contribution in [0.25, 0.3) is 0 Å². The predicted octanol–water partition coefficient (Wildman–Crippen LogP) is 19.9. The van der Waals surface area contributed by atoms with E-state index in [0.29, 0.717) is 19.3 Å². The lowest BCUT2D eigenvalue weighted by Crippen LogP contribution is -2.30. The Morgan fingerprint density at radius 3 is 1.00 bits per heavy atom. The van der Waals surface area contributed by atoms with Crippen LogP contribution in [-0.4, -0.2) is 37.2 Å². The molecular formula is C64H110O6. The van der Waals surface area contributed by atoms with Gasteiger partial charge in [0.15, 0.2) is 6.10 Å². The lowest BCUT2D eigenvalue weighted by atomic mass is 10.1. The maximum Gasteiger partial charge on any atom is 0.306 e. The molecule has 0 fully saturated rings. The van der Waals surface area contributed by atoms with Gasteiger partial charge in [0.2, 0.25) is 0 Å². The van der Waals surface area contributed by atoms with Crippen LogP contribution >= 0.6 is 0 Å². The summed E-state index contributed by atoms with van der Waals surface area (Å²) in [5.41, 5.74) is 0. The SMILES string of the molecule is CC/C=C\C/C=C\C/C=C\CCCCCCCCC(=O)OCC(COC(=O)CCCCCCC\C=C/C=C\C=C/CCCCCCC)OC(=O)CCCCCCC/C=C\CCCCCCCCCCC. The first-order valence-electron chi connectivity index (χ1n) is 29.6. The zero-order valence-corrected chi connectivity index (χ0v) is 46.0. The maximum absolute atomic E-state index is 12.9. The van der Waals surface area contributed by atoms with Crippen LogP contribution in [0.3, 0.4) is 0 Å². The van der Waals surface area contributed by atoms with Gasteiger partial charge in [-0.05, 0) is 103 Å². The van der Waals surface area contributed by atoms with Gasteiger partial charge in [-0.3, -0.25) is 14.4 Å². The topological polar surface area (TPSA) is 78.9 Å². The Bertz CT molecular complexity index is 1350. The number of unbranched alkanes of at least 4 members (excludes halogenated alkanes) is 30. The third kappa shape index (κ3) is 55.5. The van der Waals surface area contributed by atoms with Crippen LogP contribution in [0.4, 0.5) is 0 Å². The van der Waals surface area contributed by atoms with Crippen LogP contribution in [0.15, 0.2) is 85.1 Å². The summed E-state index contributed by atoms with van der Waals surface area (Å²) >= 11 is 0. The molecule has 0 spiro atoms. The van der Waals surface area contributed by atoms with Crippen LogP contribution in [0, 0.1) is 0 Å². The van der Waals surface area contributed by atoms with E-state index in [4.69, 9.17) is 14.2 Å². The second-order valence-corrected chi connectivity index (χ2v) is 19.6. The van der Waals surface area contributed by atoms with E-state index in [0.717, 1.165) is 122 Å². The number of rotatable bonds is 53. The number of allylic oxidation sites excluding steroid dienone is 14. The minimum absolute atomic E-state index is 0.0934. The van der Waals surface area contributed by atoms with Crippen molar-refractivity contribution in [2.75, 3.05) is 13.2 Å². The molecule has 0 saturated carbocycles. The quantitative estimate of drug-likeness (QED) is 0.0199.